The van der Waals surface area contributed by atoms with Gasteiger partial charge in [-0.2, -0.15) is 0 Å². The minimum absolute atomic E-state index is 0.00189. The summed E-state index contributed by atoms with van der Waals surface area (Å²) in [5.74, 6) is -0.283. The van der Waals surface area contributed by atoms with Crippen LogP contribution in [0, 0.1) is 6.92 Å². The van der Waals surface area contributed by atoms with Crippen molar-refractivity contribution in [3.63, 3.8) is 0 Å². The molecule has 0 spiro atoms. The second-order valence-electron chi connectivity index (χ2n) is 5.96. The Labute approximate surface area is 141 Å². The summed E-state index contributed by atoms with van der Waals surface area (Å²) in [6.07, 6.45) is 0.670. The quantitative estimate of drug-likeness (QED) is 0.908. The predicted molar refractivity (Wildman–Crippen MR) is 96.3 cm³/mol. The fraction of sp³-hybridized carbons (Fsp3) is 0.263. The first-order chi connectivity index (χ1) is 11.6. The van der Waals surface area contributed by atoms with Crippen LogP contribution in [-0.4, -0.2) is 24.4 Å². The minimum atomic E-state index is -0.299. The third kappa shape index (κ3) is 3.25. The van der Waals surface area contributed by atoms with Crippen LogP contribution in [0.15, 0.2) is 48.5 Å². The molecule has 124 valence electrons. The van der Waals surface area contributed by atoms with Crippen LogP contribution in [0.2, 0.25) is 0 Å². The summed E-state index contributed by atoms with van der Waals surface area (Å²) >= 11 is 0. The van der Waals surface area contributed by atoms with E-state index in [1.807, 2.05) is 62.4 Å². The summed E-state index contributed by atoms with van der Waals surface area (Å²) in [6, 6.07) is 14.9. The van der Waals surface area contributed by atoms with Crippen LogP contribution >= 0.6 is 0 Å². The van der Waals surface area contributed by atoms with Gasteiger partial charge < -0.3 is 10.6 Å². The number of hydrogen-bond donors (Lipinski definition) is 2. The van der Waals surface area contributed by atoms with E-state index in [1.54, 1.807) is 4.90 Å². The number of carbonyl (C=O) groups excluding carboxylic acids is 2. The molecule has 1 aliphatic rings. The molecule has 0 radical (unpaired) electrons. The number of nitrogens with one attached hydrogen (secondary N) is 2. The van der Waals surface area contributed by atoms with E-state index >= 15 is 0 Å². The Bertz CT molecular complexity index is 755. The summed E-state index contributed by atoms with van der Waals surface area (Å²) in [7, 11) is 0. The highest BCUT2D eigenvalue weighted by molar-refractivity contribution is 6.09. The molecule has 2 aromatic rings. The number of rotatable bonds is 4. The number of nitrogens with zero attached hydrogens (tertiary/aromatic N) is 1. The van der Waals surface area contributed by atoms with Crippen LogP contribution in [0.4, 0.5) is 17.1 Å². The van der Waals surface area contributed by atoms with E-state index in [0.29, 0.717) is 6.42 Å². The van der Waals surface area contributed by atoms with Crippen molar-refractivity contribution in [2.24, 2.45) is 0 Å². The van der Waals surface area contributed by atoms with E-state index in [9.17, 15) is 9.59 Å². The van der Waals surface area contributed by atoms with Gasteiger partial charge in [-0.05, 0) is 37.6 Å². The number of anilines is 3. The van der Waals surface area contributed by atoms with Gasteiger partial charge in [-0.25, -0.2) is 0 Å². The first-order valence-electron chi connectivity index (χ1n) is 8.12. The third-order valence-electron chi connectivity index (χ3n) is 4.13. The molecule has 1 aliphatic heterocycles. The Kier molecular flexibility index (Phi) is 4.51. The number of carbonyl (C=O) groups is 2. The highest BCUT2D eigenvalue weighted by Gasteiger charge is 2.32. The average molecular weight is 323 g/mol. The molecule has 24 heavy (non-hydrogen) atoms. The topological polar surface area (TPSA) is 61.4 Å². The lowest BCUT2D eigenvalue weighted by atomic mass is 10.1. The molecule has 0 fully saturated rings. The second kappa shape index (κ2) is 6.74. The van der Waals surface area contributed by atoms with E-state index in [2.05, 4.69) is 10.6 Å². The third-order valence-corrected chi connectivity index (χ3v) is 4.13. The van der Waals surface area contributed by atoms with Crippen LogP contribution in [-0.2, 0) is 9.59 Å². The number of para-hydroxylation sites is 2. The van der Waals surface area contributed by atoms with E-state index in [0.717, 1.165) is 22.6 Å². The zero-order valence-corrected chi connectivity index (χ0v) is 13.9. The Morgan fingerprint density at radius 1 is 1.17 bits per heavy atom. The smallest absolute Gasteiger partial charge is 0.250 e. The monoisotopic (exact) mass is 323 g/mol. The Morgan fingerprint density at radius 2 is 1.88 bits per heavy atom. The van der Waals surface area contributed by atoms with Gasteiger partial charge in [0.25, 0.3) is 0 Å². The van der Waals surface area contributed by atoms with Crippen LogP contribution in [0.3, 0.4) is 0 Å². The molecule has 0 saturated carbocycles. The maximum atomic E-state index is 12.6. The van der Waals surface area contributed by atoms with Crippen LogP contribution < -0.4 is 15.5 Å². The molecular weight excluding hydrogens is 302 g/mol. The summed E-state index contributed by atoms with van der Waals surface area (Å²) in [4.78, 5) is 26.6. The van der Waals surface area contributed by atoms with Gasteiger partial charge >= 0.3 is 0 Å². The van der Waals surface area contributed by atoms with Crippen molar-refractivity contribution < 1.29 is 9.59 Å². The molecule has 1 unspecified atom stereocenters. The van der Waals surface area contributed by atoms with Gasteiger partial charge in [-0.15, -0.1) is 0 Å². The van der Waals surface area contributed by atoms with Gasteiger partial charge in [0.2, 0.25) is 11.8 Å². The molecule has 0 aromatic heterocycles. The number of fused-ring (bicyclic) bond motifs is 1. The molecule has 2 aromatic carbocycles. The van der Waals surface area contributed by atoms with Crippen molar-refractivity contribution >= 4 is 28.9 Å². The zero-order chi connectivity index (χ0) is 17.1. The maximum Gasteiger partial charge on any atom is 0.250 e. The van der Waals surface area contributed by atoms with Crippen molar-refractivity contribution in [3.05, 3.63) is 54.1 Å². The minimum Gasteiger partial charge on any atom is -0.372 e. The fourth-order valence-corrected chi connectivity index (χ4v) is 2.81. The standard InChI is InChI=1S/C19H21N3O2/c1-3-15-19(24)22(17-7-5-4-6-16(17)21-15)12-18(23)20-14-10-8-13(2)9-11-14/h4-11,15,21H,3,12H2,1-2H3,(H,20,23). The first kappa shape index (κ1) is 16.1. The molecule has 1 atom stereocenters. The number of amides is 2. The normalized spacial score (nSPS) is 16.3. The van der Waals surface area contributed by atoms with Gasteiger partial charge in [0.1, 0.15) is 12.6 Å². The highest BCUT2D eigenvalue weighted by Crippen LogP contribution is 2.31. The van der Waals surface area contributed by atoms with Gasteiger partial charge in [0.15, 0.2) is 0 Å². The molecule has 0 aliphatic carbocycles. The lowest BCUT2D eigenvalue weighted by molar-refractivity contribution is -0.122. The van der Waals surface area contributed by atoms with Crippen molar-refractivity contribution in [3.8, 4) is 0 Å². The van der Waals surface area contributed by atoms with E-state index in [1.165, 1.54) is 0 Å². The van der Waals surface area contributed by atoms with Crippen molar-refractivity contribution in [2.45, 2.75) is 26.3 Å². The van der Waals surface area contributed by atoms with E-state index < -0.39 is 0 Å². The Balaban J connectivity index is 1.78. The largest absolute Gasteiger partial charge is 0.372 e. The number of hydrogen-bond acceptors (Lipinski definition) is 3. The SMILES string of the molecule is CCC1Nc2ccccc2N(CC(=O)Nc2ccc(C)cc2)C1=O. The molecule has 0 bridgehead atoms. The Hall–Kier alpha value is -2.82. The van der Waals surface area contributed by atoms with Crippen molar-refractivity contribution in [2.75, 3.05) is 22.1 Å². The zero-order valence-electron chi connectivity index (χ0n) is 13.9. The van der Waals surface area contributed by atoms with Gasteiger partial charge in [-0.3, -0.25) is 14.5 Å². The average Bonchev–Trinajstić information content (AvgIpc) is 2.59. The first-order valence-corrected chi connectivity index (χ1v) is 8.12. The van der Waals surface area contributed by atoms with Gasteiger partial charge in [0.05, 0.1) is 11.4 Å². The lowest BCUT2D eigenvalue weighted by Gasteiger charge is -2.34. The number of aryl methyl sites for hydroxylation is 1. The predicted octanol–water partition coefficient (Wildman–Crippen LogP) is 3.17. The second-order valence-corrected chi connectivity index (χ2v) is 5.96. The van der Waals surface area contributed by atoms with Gasteiger partial charge in [-0.1, -0.05) is 36.8 Å². The maximum absolute atomic E-state index is 12.6. The Morgan fingerprint density at radius 3 is 2.58 bits per heavy atom. The molecule has 5 heteroatoms. The summed E-state index contributed by atoms with van der Waals surface area (Å²) in [5.41, 5.74) is 3.48. The lowest BCUT2D eigenvalue weighted by Crippen LogP contribution is -2.49. The fourth-order valence-electron chi connectivity index (χ4n) is 2.81. The van der Waals surface area contributed by atoms with Crippen molar-refractivity contribution in [1.82, 2.24) is 0 Å². The van der Waals surface area contributed by atoms with Gasteiger partial charge in [0, 0.05) is 5.69 Å². The molecule has 2 N–H and O–H groups in total. The van der Waals surface area contributed by atoms with E-state index in [-0.39, 0.29) is 24.4 Å². The summed E-state index contributed by atoms with van der Waals surface area (Å²) < 4.78 is 0. The van der Waals surface area contributed by atoms with Crippen molar-refractivity contribution in [1.29, 1.82) is 0 Å². The molecule has 0 saturated heterocycles. The van der Waals surface area contributed by atoms with Crippen LogP contribution in [0.1, 0.15) is 18.9 Å². The molecule has 1 heterocycles. The number of benzene rings is 2. The molecule has 3 rings (SSSR count). The molecule has 5 nitrogen and oxygen atoms in total. The summed E-state index contributed by atoms with van der Waals surface area (Å²) in [5, 5.41) is 6.08. The van der Waals surface area contributed by atoms with E-state index in [4.69, 9.17) is 0 Å². The molecular formula is C19H21N3O2. The van der Waals surface area contributed by atoms with Crippen LogP contribution in [0.25, 0.3) is 0 Å². The summed E-state index contributed by atoms with van der Waals surface area (Å²) in [6.45, 7) is 3.95. The van der Waals surface area contributed by atoms with Crippen LogP contribution in [0.5, 0.6) is 0 Å². The highest BCUT2D eigenvalue weighted by atomic mass is 16.2. The molecule has 2 amide bonds.